The maximum Gasteiger partial charge on any atom is 0.265 e. The number of nitrogens with zero attached hydrogens (tertiary/aromatic N) is 1. The van der Waals surface area contributed by atoms with E-state index in [1.165, 1.54) is 31.2 Å². The second-order valence-electron chi connectivity index (χ2n) is 4.88. The van der Waals surface area contributed by atoms with Crippen LogP contribution in [0.5, 0.6) is 0 Å². The second kappa shape index (κ2) is 7.63. The molecule has 0 unspecified atom stereocenters. The van der Waals surface area contributed by atoms with Crippen LogP contribution in [-0.4, -0.2) is 26.0 Å². The summed E-state index contributed by atoms with van der Waals surface area (Å²) in [5, 5.41) is 0. The lowest BCUT2D eigenvalue weighted by molar-refractivity contribution is -0.115. The highest BCUT2D eigenvalue weighted by molar-refractivity contribution is 8.72. The van der Waals surface area contributed by atoms with E-state index in [9.17, 15) is 18.0 Å². The van der Waals surface area contributed by atoms with E-state index < -0.39 is 20.7 Å². The number of rotatable bonds is 5. The second-order valence-corrected chi connectivity index (χ2v) is 9.10. The first-order valence-corrected chi connectivity index (χ1v) is 10.2. The lowest BCUT2D eigenvalue weighted by atomic mass is 10.2. The minimum absolute atomic E-state index is 0.147. The zero-order valence-corrected chi connectivity index (χ0v) is 14.9. The molecule has 0 radical (unpaired) electrons. The average Bonchev–Trinajstić information content (AvgIpc) is 2.56. The third-order valence-electron chi connectivity index (χ3n) is 3.20. The third kappa shape index (κ3) is 4.04. The van der Waals surface area contributed by atoms with Crippen molar-refractivity contribution in [3.63, 3.8) is 0 Å². The van der Waals surface area contributed by atoms with Crippen molar-refractivity contribution >= 4 is 37.2 Å². The monoisotopic (exact) mass is 363 g/mol. The van der Waals surface area contributed by atoms with Crippen molar-refractivity contribution in [2.24, 2.45) is 0 Å². The Balaban J connectivity index is 2.36. The molecular formula is C17H17NO4S2. The molecule has 2 aromatic rings. The molecule has 0 N–H and O–H groups in total. The Kier molecular flexibility index (Phi) is 5.80. The van der Waals surface area contributed by atoms with Gasteiger partial charge in [-0.05, 0) is 47.2 Å². The molecule has 0 aromatic heterocycles. The van der Waals surface area contributed by atoms with Gasteiger partial charge in [-0.3, -0.25) is 9.59 Å². The van der Waals surface area contributed by atoms with Crippen molar-refractivity contribution in [2.45, 2.75) is 18.7 Å². The van der Waals surface area contributed by atoms with Crippen LogP contribution in [-0.2, 0) is 13.7 Å². The third-order valence-corrected chi connectivity index (χ3v) is 6.81. The standard InChI is InChI=1S/C17H17NO4S2/c1-3-23-24(21,22)16-11-9-15(10-12-16)18(13(2)19)17(20)14-7-5-4-6-8-14/h4-12H,3H2,1-2H3. The van der Waals surface area contributed by atoms with Crippen molar-refractivity contribution in [3.05, 3.63) is 60.2 Å². The van der Waals surface area contributed by atoms with Crippen molar-refractivity contribution in [2.75, 3.05) is 10.7 Å². The quantitative estimate of drug-likeness (QED) is 0.762. The summed E-state index contributed by atoms with van der Waals surface area (Å²) in [4.78, 5) is 25.7. The Bertz CT molecular complexity index is 831. The normalized spacial score (nSPS) is 11.1. The molecule has 0 heterocycles. The smallest absolute Gasteiger partial charge is 0.265 e. The summed E-state index contributed by atoms with van der Waals surface area (Å²) >= 11 is 0. The fraction of sp³-hybridized carbons (Fsp3) is 0.176. The minimum atomic E-state index is -3.42. The Morgan fingerprint density at radius 1 is 1.00 bits per heavy atom. The van der Waals surface area contributed by atoms with Crippen LogP contribution in [0.4, 0.5) is 5.69 Å². The van der Waals surface area contributed by atoms with Gasteiger partial charge in [0.2, 0.25) is 14.8 Å². The summed E-state index contributed by atoms with van der Waals surface area (Å²) < 4.78 is 24.0. The first-order chi connectivity index (χ1) is 11.4. The summed E-state index contributed by atoms with van der Waals surface area (Å²) in [7, 11) is -2.58. The van der Waals surface area contributed by atoms with Gasteiger partial charge in [-0.25, -0.2) is 13.3 Å². The van der Waals surface area contributed by atoms with Crippen molar-refractivity contribution in [1.82, 2.24) is 0 Å². The maximum absolute atomic E-state index is 12.6. The molecule has 2 aromatic carbocycles. The molecule has 0 aliphatic heterocycles. The number of carbonyl (C=O) groups excluding carboxylic acids is 2. The van der Waals surface area contributed by atoms with Gasteiger partial charge < -0.3 is 0 Å². The Labute approximate surface area is 145 Å². The highest BCUT2D eigenvalue weighted by Crippen LogP contribution is 2.26. The van der Waals surface area contributed by atoms with Gasteiger partial charge in [-0.1, -0.05) is 25.1 Å². The zero-order chi connectivity index (χ0) is 17.7. The highest BCUT2D eigenvalue weighted by Gasteiger charge is 2.22. The summed E-state index contributed by atoms with van der Waals surface area (Å²) in [6.45, 7) is 3.05. The van der Waals surface area contributed by atoms with Gasteiger partial charge in [0.05, 0.1) is 10.6 Å². The first-order valence-electron chi connectivity index (χ1n) is 7.26. The largest absolute Gasteiger partial charge is 0.274 e. The van der Waals surface area contributed by atoms with E-state index in [0.29, 0.717) is 17.0 Å². The molecule has 24 heavy (non-hydrogen) atoms. The SMILES string of the molecule is CCSS(=O)(=O)c1ccc(N(C(C)=O)C(=O)c2ccccc2)cc1. The van der Waals surface area contributed by atoms with Gasteiger partial charge in [0, 0.05) is 18.2 Å². The number of hydrogen-bond donors (Lipinski definition) is 0. The number of hydrogen-bond acceptors (Lipinski definition) is 5. The van der Waals surface area contributed by atoms with Crippen molar-refractivity contribution in [3.8, 4) is 0 Å². The van der Waals surface area contributed by atoms with E-state index in [4.69, 9.17) is 0 Å². The Morgan fingerprint density at radius 2 is 1.58 bits per heavy atom. The summed E-state index contributed by atoms with van der Waals surface area (Å²) in [6, 6.07) is 14.2. The van der Waals surface area contributed by atoms with Gasteiger partial charge in [-0.15, -0.1) is 0 Å². The van der Waals surface area contributed by atoms with Gasteiger partial charge in [0.1, 0.15) is 0 Å². The molecule has 7 heteroatoms. The lowest BCUT2D eigenvalue weighted by Crippen LogP contribution is -2.35. The molecule has 0 fully saturated rings. The topological polar surface area (TPSA) is 71.5 Å². The van der Waals surface area contributed by atoms with Crippen LogP contribution in [0.3, 0.4) is 0 Å². The van der Waals surface area contributed by atoms with Crippen molar-refractivity contribution < 1.29 is 18.0 Å². The predicted octanol–water partition coefficient (Wildman–Crippen LogP) is 3.32. The van der Waals surface area contributed by atoms with Gasteiger partial charge in [-0.2, -0.15) is 0 Å². The molecule has 0 bridgehead atoms. The highest BCUT2D eigenvalue weighted by atomic mass is 33.1. The lowest BCUT2D eigenvalue weighted by Gasteiger charge is -2.19. The maximum atomic E-state index is 12.6. The zero-order valence-electron chi connectivity index (χ0n) is 13.3. The molecule has 5 nitrogen and oxygen atoms in total. The predicted molar refractivity (Wildman–Crippen MR) is 95.7 cm³/mol. The number of anilines is 1. The van der Waals surface area contributed by atoms with Crippen LogP contribution in [0.25, 0.3) is 0 Å². The number of amides is 2. The molecule has 0 aliphatic rings. The first kappa shape index (κ1) is 18.2. The van der Waals surface area contributed by atoms with Gasteiger partial charge >= 0.3 is 0 Å². The van der Waals surface area contributed by atoms with Crippen LogP contribution >= 0.6 is 10.8 Å². The molecule has 0 saturated carbocycles. The molecule has 0 spiro atoms. The van der Waals surface area contributed by atoms with E-state index in [0.717, 1.165) is 15.7 Å². The number of imide groups is 1. The minimum Gasteiger partial charge on any atom is -0.274 e. The van der Waals surface area contributed by atoms with Crippen LogP contribution in [0, 0.1) is 0 Å². The number of benzene rings is 2. The summed E-state index contributed by atoms with van der Waals surface area (Å²) in [6.07, 6.45) is 0. The van der Waals surface area contributed by atoms with E-state index in [2.05, 4.69) is 0 Å². The fourth-order valence-corrected chi connectivity index (χ4v) is 4.73. The summed E-state index contributed by atoms with van der Waals surface area (Å²) in [5.41, 5.74) is 0.711. The Hall–Kier alpha value is -2.12. The average molecular weight is 363 g/mol. The molecule has 2 rings (SSSR count). The van der Waals surface area contributed by atoms with Crippen LogP contribution < -0.4 is 4.90 Å². The van der Waals surface area contributed by atoms with E-state index in [-0.39, 0.29) is 4.90 Å². The van der Waals surface area contributed by atoms with E-state index in [1.54, 1.807) is 37.3 Å². The Morgan fingerprint density at radius 3 is 2.08 bits per heavy atom. The van der Waals surface area contributed by atoms with E-state index >= 15 is 0 Å². The van der Waals surface area contributed by atoms with Crippen LogP contribution in [0.1, 0.15) is 24.2 Å². The molecule has 0 saturated heterocycles. The van der Waals surface area contributed by atoms with Gasteiger partial charge in [0.25, 0.3) is 5.91 Å². The van der Waals surface area contributed by atoms with Crippen molar-refractivity contribution in [1.29, 1.82) is 0 Å². The molecular weight excluding hydrogens is 346 g/mol. The molecule has 0 aliphatic carbocycles. The number of carbonyl (C=O) groups is 2. The molecule has 126 valence electrons. The van der Waals surface area contributed by atoms with Crippen LogP contribution in [0.15, 0.2) is 59.5 Å². The van der Waals surface area contributed by atoms with Gasteiger partial charge in [0.15, 0.2) is 0 Å². The fourth-order valence-electron chi connectivity index (χ4n) is 2.14. The molecule has 0 atom stereocenters. The van der Waals surface area contributed by atoms with E-state index in [1.807, 2.05) is 0 Å². The summed E-state index contributed by atoms with van der Waals surface area (Å²) in [5.74, 6) is -0.458. The molecule has 2 amide bonds. The van der Waals surface area contributed by atoms with Crippen LogP contribution in [0.2, 0.25) is 0 Å².